The highest BCUT2D eigenvalue weighted by atomic mass is 16.5. The van der Waals surface area contributed by atoms with Crippen LogP contribution in [0.5, 0.6) is 5.75 Å². The van der Waals surface area contributed by atoms with E-state index in [1.54, 1.807) is 12.1 Å². The van der Waals surface area contributed by atoms with Crippen LogP contribution < -0.4 is 10.1 Å². The van der Waals surface area contributed by atoms with E-state index in [1.165, 1.54) is 5.56 Å². The maximum absolute atomic E-state index is 13.3. The van der Waals surface area contributed by atoms with Gasteiger partial charge in [0.25, 0.3) is 11.8 Å². The average molecular weight is 451 g/mol. The van der Waals surface area contributed by atoms with Crippen LogP contribution in [-0.4, -0.2) is 36.4 Å². The Hall–Kier alpha value is -4.12. The molecule has 1 atom stereocenters. The molecule has 1 saturated heterocycles. The Bertz CT molecular complexity index is 1320. The van der Waals surface area contributed by atoms with E-state index in [4.69, 9.17) is 4.74 Å². The SMILES string of the molecule is O=C(COc1ccc2ccccc2c1)Nc1ccccc1C(=O)N1CCC(c2ccccc2)C1. The van der Waals surface area contributed by atoms with Gasteiger partial charge in [0.05, 0.1) is 11.3 Å². The highest BCUT2D eigenvalue weighted by Crippen LogP contribution is 2.29. The molecule has 5 heteroatoms. The molecule has 1 aliphatic heterocycles. The van der Waals surface area contributed by atoms with Gasteiger partial charge in [0.15, 0.2) is 6.61 Å². The summed E-state index contributed by atoms with van der Waals surface area (Å²) in [5, 5.41) is 5.02. The molecule has 0 aromatic heterocycles. The van der Waals surface area contributed by atoms with Crippen molar-refractivity contribution in [3.05, 3.63) is 108 Å². The number of nitrogens with zero attached hydrogens (tertiary/aromatic N) is 1. The van der Waals surface area contributed by atoms with Gasteiger partial charge in [-0.2, -0.15) is 0 Å². The summed E-state index contributed by atoms with van der Waals surface area (Å²) in [5.41, 5.74) is 2.25. The van der Waals surface area contributed by atoms with Crippen molar-refractivity contribution < 1.29 is 14.3 Å². The molecule has 0 aliphatic carbocycles. The van der Waals surface area contributed by atoms with Crippen LogP contribution in [0.4, 0.5) is 5.69 Å². The van der Waals surface area contributed by atoms with Crippen molar-refractivity contribution in [1.82, 2.24) is 4.90 Å². The molecule has 34 heavy (non-hydrogen) atoms. The van der Waals surface area contributed by atoms with Gasteiger partial charge < -0.3 is 15.0 Å². The Morgan fingerprint density at radius 3 is 2.44 bits per heavy atom. The quantitative estimate of drug-likeness (QED) is 0.423. The lowest BCUT2D eigenvalue weighted by molar-refractivity contribution is -0.118. The number of benzene rings is 4. The van der Waals surface area contributed by atoms with E-state index in [9.17, 15) is 9.59 Å². The van der Waals surface area contributed by atoms with Crippen LogP contribution in [0.25, 0.3) is 10.8 Å². The van der Waals surface area contributed by atoms with E-state index in [-0.39, 0.29) is 18.4 Å². The zero-order valence-electron chi connectivity index (χ0n) is 18.8. The van der Waals surface area contributed by atoms with Gasteiger partial charge in [-0.25, -0.2) is 0 Å². The van der Waals surface area contributed by atoms with E-state index < -0.39 is 0 Å². The number of carbonyl (C=O) groups excluding carboxylic acids is 2. The van der Waals surface area contributed by atoms with Gasteiger partial charge in [-0.1, -0.05) is 72.8 Å². The standard InChI is InChI=1S/C29H26N2O3/c32-28(20-34-25-15-14-22-10-4-5-11-23(22)18-25)30-27-13-7-6-12-26(27)29(33)31-17-16-24(19-31)21-8-2-1-3-9-21/h1-15,18,24H,16-17,19-20H2,(H,30,32). The Labute approximate surface area is 199 Å². The van der Waals surface area contributed by atoms with Crippen molar-refractivity contribution in [2.75, 3.05) is 25.0 Å². The Kier molecular flexibility index (Phi) is 6.25. The van der Waals surface area contributed by atoms with Crippen LogP contribution in [0.1, 0.15) is 28.3 Å². The number of fused-ring (bicyclic) bond motifs is 1. The minimum absolute atomic E-state index is 0.0650. The molecule has 0 bridgehead atoms. The first-order valence-electron chi connectivity index (χ1n) is 11.5. The van der Waals surface area contributed by atoms with Crippen molar-refractivity contribution in [3.63, 3.8) is 0 Å². The number of rotatable bonds is 6. The molecule has 0 radical (unpaired) electrons. The molecule has 1 fully saturated rings. The third-order valence-electron chi connectivity index (χ3n) is 6.27. The minimum Gasteiger partial charge on any atom is -0.484 e. The molecule has 5 rings (SSSR count). The molecule has 0 saturated carbocycles. The van der Waals surface area contributed by atoms with Gasteiger partial charge in [-0.05, 0) is 47.0 Å². The second-order valence-corrected chi connectivity index (χ2v) is 8.54. The summed E-state index contributed by atoms with van der Waals surface area (Å²) in [7, 11) is 0. The molecular weight excluding hydrogens is 424 g/mol. The topological polar surface area (TPSA) is 58.6 Å². The van der Waals surface area contributed by atoms with Crippen LogP contribution in [-0.2, 0) is 4.79 Å². The van der Waals surface area contributed by atoms with E-state index in [2.05, 4.69) is 17.4 Å². The zero-order valence-corrected chi connectivity index (χ0v) is 18.8. The molecular formula is C29H26N2O3. The normalized spacial score (nSPS) is 15.3. The average Bonchev–Trinajstić information content (AvgIpc) is 3.38. The van der Waals surface area contributed by atoms with E-state index in [1.807, 2.05) is 77.7 Å². The zero-order chi connectivity index (χ0) is 23.3. The fourth-order valence-electron chi connectivity index (χ4n) is 4.48. The summed E-state index contributed by atoms with van der Waals surface area (Å²) in [6.07, 6.45) is 0.934. The first kappa shape index (κ1) is 21.7. The third kappa shape index (κ3) is 4.79. The number of nitrogens with one attached hydrogen (secondary N) is 1. The number of hydrogen-bond acceptors (Lipinski definition) is 3. The highest BCUT2D eigenvalue weighted by molar-refractivity contribution is 6.04. The van der Waals surface area contributed by atoms with Crippen molar-refractivity contribution in [3.8, 4) is 5.75 Å². The number of hydrogen-bond donors (Lipinski definition) is 1. The lowest BCUT2D eigenvalue weighted by atomic mass is 9.99. The van der Waals surface area contributed by atoms with Crippen molar-refractivity contribution >= 4 is 28.3 Å². The van der Waals surface area contributed by atoms with E-state index >= 15 is 0 Å². The lowest BCUT2D eigenvalue weighted by Gasteiger charge is -2.19. The molecule has 2 amide bonds. The summed E-state index contributed by atoms with van der Waals surface area (Å²) in [5.74, 6) is 0.589. The maximum Gasteiger partial charge on any atom is 0.262 e. The highest BCUT2D eigenvalue weighted by Gasteiger charge is 2.29. The first-order valence-corrected chi connectivity index (χ1v) is 11.5. The van der Waals surface area contributed by atoms with Gasteiger partial charge in [0, 0.05) is 19.0 Å². The van der Waals surface area contributed by atoms with Crippen molar-refractivity contribution in [2.45, 2.75) is 12.3 Å². The van der Waals surface area contributed by atoms with Crippen LogP contribution >= 0.6 is 0 Å². The predicted octanol–water partition coefficient (Wildman–Crippen LogP) is 5.49. The Morgan fingerprint density at radius 1 is 0.853 bits per heavy atom. The number of ether oxygens (including phenoxy) is 1. The van der Waals surface area contributed by atoms with Crippen LogP contribution in [0.15, 0.2) is 97.1 Å². The summed E-state index contributed by atoms with van der Waals surface area (Å²) >= 11 is 0. The Balaban J connectivity index is 1.22. The van der Waals surface area contributed by atoms with Crippen LogP contribution in [0.3, 0.4) is 0 Å². The van der Waals surface area contributed by atoms with E-state index in [0.717, 1.165) is 17.2 Å². The van der Waals surface area contributed by atoms with Crippen molar-refractivity contribution in [2.24, 2.45) is 0 Å². The largest absolute Gasteiger partial charge is 0.484 e. The molecule has 1 aliphatic rings. The minimum atomic E-state index is -0.308. The fourth-order valence-corrected chi connectivity index (χ4v) is 4.48. The first-order chi connectivity index (χ1) is 16.7. The maximum atomic E-state index is 13.3. The monoisotopic (exact) mass is 450 g/mol. The van der Waals surface area contributed by atoms with E-state index in [0.29, 0.717) is 36.0 Å². The number of likely N-dealkylation sites (tertiary alicyclic amines) is 1. The second-order valence-electron chi connectivity index (χ2n) is 8.54. The summed E-state index contributed by atoms with van der Waals surface area (Å²) in [6.45, 7) is 1.24. The molecule has 4 aromatic carbocycles. The molecule has 1 unspecified atom stereocenters. The third-order valence-corrected chi connectivity index (χ3v) is 6.27. The summed E-state index contributed by atoms with van der Waals surface area (Å²) in [4.78, 5) is 27.8. The number of carbonyl (C=O) groups is 2. The molecule has 1 N–H and O–H groups in total. The summed E-state index contributed by atoms with van der Waals surface area (Å²) in [6, 6.07) is 31.2. The lowest BCUT2D eigenvalue weighted by Crippen LogP contribution is -2.30. The second kappa shape index (κ2) is 9.79. The van der Waals surface area contributed by atoms with Crippen LogP contribution in [0.2, 0.25) is 0 Å². The van der Waals surface area contributed by atoms with Gasteiger partial charge in [-0.3, -0.25) is 9.59 Å². The van der Waals surface area contributed by atoms with Gasteiger partial charge in [0.1, 0.15) is 5.75 Å². The Morgan fingerprint density at radius 2 is 1.59 bits per heavy atom. The number of para-hydroxylation sites is 1. The fraction of sp³-hybridized carbons (Fsp3) is 0.172. The van der Waals surface area contributed by atoms with Crippen LogP contribution in [0, 0.1) is 0 Å². The molecule has 0 spiro atoms. The van der Waals surface area contributed by atoms with Gasteiger partial charge >= 0.3 is 0 Å². The number of anilines is 1. The molecule has 170 valence electrons. The molecule has 5 nitrogen and oxygen atoms in total. The van der Waals surface area contributed by atoms with Crippen molar-refractivity contribution in [1.29, 1.82) is 0 Å². The van der Waals surface area contributed by atoms with Gasteiger partial charge in [0.2, 0.25) is 0 Å². The predicted molar refractivity (Wildman–Crippen MR) is 134 cm³/mol. The summed E-state index contributed by atoms with van der Waals surface area (Å²) < 4.78 is 5.70. The molecule has 1 heterocycles. The smallest absolute Gasteiger partial charge is 0.262 e. The number of amides is 2. The molecule has 4 aromatic rings. The van der Waals surface area contributed by atoms with Gasteiger partial charge in [-0.15, -0.1) is 0 Å².